The highest BCUT2D eigenvalue weighted by Crippen LogP contribution is 2.29. The molecule has 1 heterocycles. The van der Waals surface area contributed by atoms with E-state index >= 15 is 0 Å². The van der Waals surface area contributed by atoms with Crippen molar-refractivity contribution in [3.05, 3.63) is 46.6 Å². The van der Waals surface area contributed by atoms with Crippen LogP contribution in [0.25, 0.3) is 0 Å². The van der Waals surface area contributed by atoms with Crippen molar-refractivity contribution in [2.45, 2.75) is 6.04 Å². The standard InChI is InChI=1S/C14H16ClN3O2/c1-16-14(11-6-7-13(20-3)18-17-11)9-4-5-10(15)12(8-9)19-2/h4-8,14,16H,1-3H3. The second-order valence-corrected chi connectivity index (χ2v) is 4.52. The summed E-state index contributed by atoms with van der Waals surface area (Å²) in [5.74, 6) is 1.11. The summed E-state index contributed by atoms with van der Waals surface area (Å²) in [5.41, 5.74) is 1.78. The van der Waals surface area contributed by atoms with E-state index in [0.717, 1.165) is 11.3 Å². The molecule has 106 valence electrons. The van der Waals surface area contributed by atoms with Gasteiger partial charge < -0.3 is 14.8 Å². The lowest BCUT2D eigenvalue weighted by atomic mass is 10.0. The number of nitrogens with zero attached hydrogens (tertiary/aromatic N) is 2. The minimum absolute atomic E-state index is 0.0976. The first-order valence-electron chi connectivity index (χ1n) is 6.08. The summed E-state index contributed by atoms with van der Waals surface area (Å²) >= 11 is 6.04. The highest BCUT2D eigenvalue weighted by atomic mass is 35.5. The van der Waals surface area contributed by atoms with Gasteiger partial charge in [-0.1, -0.05) is 17.7 Å². The predicted octanol–water partition coefficient (Wildman–Crippen LogP) is 2.46. The lowest BCUT2D eigenvalue weighted by Gasteiger charge is -2.17. The van der Waals surface area contributed by atoms with E-state index in [1.54, 1.807) is 26.4 Å². The van der Waals surface area contributed by atoms with Crippen LogP contribution in [0.3, 0.4) is 0 Å². The van der Waals surface area contributed by atoms with E-state index in [1.165, 1.54) is 0 Å². The average Bonchev–Trinajstić information content (AvgIpc) is 2.50. The van der Waals surface area contributed by atoms with Crippen LogP contribution in [0, 0.1) is 0 Å². The molecule has 0 spiro atoms. The molecule has 0 aliphatic heterocycles. The Morgan fingerprint density at radius 2 is 1.90 bits per heavy atom. The van der Waals surface area contributed by atoms with Gasteiger partial charge in [0.1, 0.15) is 5.75 Å². The van der Waals surface area contributed by atoms with Crippen LogP contribution in [0.5, 0.6) is 11.6 Å². The van der Waals surface area contributed by atoms with Crippen LogP contribution in [0.15, 0.2) is 30.3 Å². The van der Waals surface area contributed by atoms with Crippen LogP contribution in [-0.2, 0) is 0 Å². The highest BCUT2D eigenvalue weighted by Gasteiger charge is 2.16. The van der Waals surface area contributed by atoms with Gasteiger partial charge in [0.15, 0.2) is 0 Å². The molecule has 6 heteroatoms. The van der Waals surface area contributed by atoms with Gasteiger partial charge in [0.25, 0.3) is 0 Å². The molecule has 1 atom stereocenters. The van der Waals surface area contributed by atoms with Crippen LogP contribution in [0.1, 0.15) is 17.3 Å². The molecule has 2 rings (SSSR count). The van der Waals surface area contributed by atoms with Crippen molar-refractivity contribution in [3.63, 3.8) is 0 Å². The first-order valence-corrected chi connectivity index (χ1v) is 6.45. The van der Waals surface area contributed by atoms with Crippen molar-refractivity contribution >= 4 is 11.6 Å². The Labute approximate surface area is 122 Å². The van der Waals surface area contributed by atoms with Crippen molar-refractivity contribution in [2.75, 3.05) is 21.3 Å². The third-order valence-corrected chi connectivity index (χ3v) is 3.28. The Morgan fingerprint density at radius 1 is 1.10 bits per heavy atom. The molecule has 0 radical (unpaired) electrons. The number of hydrogen-bond acceptors (Lipinski definition) is 5. The Bertz CT molecular complexity index is 575. The molecule has 1 aromatic carbocycles. The first kappa shape index (κ1) is 14.6. The zero-order valence-electron chi connectivity index (χ0n) is 11.6. The molecule has 2 aromatic rings. The molecule has 5 nitrogen and oxygen atoms in total. The van der Waals surface area contributed by atoms with E-state index in [0.29, 0.717) is 16.7 Å². The summed E-state index contributed by atoms with van der Waals surface area (Å²) in [5, 5.41) is 11.9. The Balaban J connectivity index is 2.35. The normalized spacial score (nSPS) is 12.0. The van der Waals surface area contributed by atoms with E-state index in [4.69, 9.17) is 21.1 Å². The number of aromatic nitrogens is 2. The van der Waals surface area contributed by atoms with Crippen LogP contribution in [0.4, 0.5) is 0 Å². The van der Waals surface area contributed by atoms with Gasteiger partial charge in [0.05, 0.1) is 31.0 Å². The van der Waals surface area contributed by atoms with Crippen molar-refractivity contribution in [3.8, 4) is 11.6 Å². The molecule has 0 fully saturated rings. The molecule has 1 N–H and O–H groups in total. The van der Waals surface area contributed by atoms with Crippen LogP contribution in [-0.4, -0.2) is 31.5 Å². The average molecular weight is 294 g/mol. The first-order chi connectivity index (χ1) is 9.69. The zero-order chi connectivity index (χ0) is 14.5. The summed E-state index contributed by atoms with van der Waals surface area (Å²) in [4.78, 5) is 0. The summed E-state index contributed by atoms with van der Waals surface area (Å²) in [7, 11) is 5.01. The monoisotopic (exact) mass is 293 g/mol. The summed E-state index contributed by atoms with van der Waals surface area (Å²) in [6.45, 7) is 0. The number of methoxy groups -OCH3 is 2. The fourth-order valence-electron chi connectivity index (χ4n) is 1.93. The Hall–Kier alpha value is -1.85. The van der Waals surface area contributed by atoms with Gasteiger partial charge in [0, 0.05) is 6.07 Å². The number of benzene rings is 1. The maximum Gasteiger partial charge on any atom is 0.233 e. The predicted molar refractivity (Wildman–Crippen MR) is 77.5 cm³/mol. The largest absolute Gasteiger partial charge is 0.495 e. The minimum Gasteiger partial charge on any atom is -0.495 e. The second-order valence-electron chi connectivity index (χ2n) is 4.12. The van der Waals surface area contributed by atoms with Crippen LogP contribution < -0.4 is 14.8 Å². The summed E-state index contributed by atoms with van der Waals surface area (Å²) in [6.07, 6.45) is 0. The number of halogens is 1. The smallest absolute Gasteiger partial charge is 0.233 e. The Kier molecular flexibility index (Phi) is 4.76. The second kappa shape index (κ2) is 6.54. The van der Waals surface area contributed by atoms with E-state index in [9.17, 15) is 0 Å². The van der Waals surface area contributed by atoms with Gasteiger partial charge in [-0.25, -0.2) is 0 Å². The third-order valence-electron chi connectivity index (χ3n) is 2.96. The van der Waals surface area contributed by atoms with E-state index < -0.39 is 0 Å². The highest BCUT2D eigenvalue weighted by molar-refractivity contribution is 6.32. The number of hydrogen-bond donors (Lipinski definition) is 1. The number of nitrogens with one attached hydrogen (secondary N) is 1. The fraction of sp³-hybridized carbons (Fsp3) is 0.286. The zero-order valence-corrected chi connectivity index (χ0v) is 12.3. The van der Waals surface area contributed by atoms with Gasteiger partial charge in [-0.2, -0.15) is 0 Å². The molecule has 0 amide bonds. The summed E-state index contributed by atoms with van der Waals surface area (Å²) < 4.78 is 10.2. The summed E-state index contributed by atoms with van der Waals surface area (Å²) in [6, 6.07) is 9.16. The van der Waals surface area contributed by atoms with Gasteiger partial charge in [0.2, 0.25) is 5.88 Å². The van der Waals surface area contributed by atoms with Gasteiger partial charge in [-0.3, -0.25) is 0 Å². The number of rotatable bonds is 5. The molecule has 0 aliphatic rings. The van der Waals surface area contributed by atoms with E-state index in [2.05, 4.69) is 15.5 Å². The topological polar surface area (TPSA) is 56.3 Å². The van der Waals surface area contributed by atoms with Crippen LogP contribution in [0.2, 0.25) is 5.02 Å². The molecule has 0 saturated heterocycles. The van der Waals surface area contributed by atoms with Gasteiger partial charge >= 0.3 is 0 Å². The number of ether oxygens (including phenoxy) is 2. The van der Waals surface area contributed by atoms with Crippen molar-refractivity contribution in [2.24, 2.45) is 0 Å². The lowest BCUT2D eigenvalue weighted by Crippen LogP contribution is -2.19. The maximum absolute atomic E-state index is 6.04. The lowest BCUT2D eigenvalue weighted by molar-refractivity contribution is 0.390. The van der Waals surface area contributed by atoms with Crippen molar-refractivity contribution in [1.82, 2.24) is 15.5 Å². The minimum atomic E-state index is -0.0976. The molecule has 1 aromatic heterocycles. The Morgan fingerprint density at radius 3 is 2.45 bits per heavy atom. The molecular formula is C14H16ClN3O2. The van der Waals surface area contributed by atoms with Crippen molar-refractivity contribution in [1.29, 1.82) is 0 Å². The SMILES string of the molecule is CNC(c1ccc(Cl)c(OC)c1)c1ccc(OC)nn1. The van der Waals surface area contributed by atoms with Crippen molar-refractivity contribution < 1.29 is 9.47 Å². The van der Waals surface area contributed by atoms with Gasteiger partial charge in [-0.15, -0.1) is 10.2 Å². The molecule has 0 saturated carbocycles. The molecule has 1 unspecified atom stereocenters. The maximum atomic E-state index is 6.04. The van der Waals surface area contributed by atoms with E-state index in [-0.39, 0.29) is 6.04 Å². The molecule has 0 bridgehead atoms. The quantitative estimate of drug-likeness (QED) is 0.918. The molecule has 0 aliphatic carbocycles. The van der Waals surface area contributed by atoms with E-state index in [1.807, 2.05) is 25.2 Å². The molecular weight excluding hydrogens is 278 g/mol. The molecule has 20 heavy (non-hydrogen) atoms. The van der Waals surface area contributed by atoms with Gasteiger partial charge in [-0.05, 0) is 30.8 Å². The van der Waals surface area contributed by atoms with Crippen LogP contribution >= 0.6 is 11.6 Å². The third kappa shape index (κ3) is 3.00. The fourth-order valence-corrected chi connectivity index (χ4v) is 2.13.